The van der Waals surface area contributed by atoms with E-state index in [4.69, 9.17) is 0 Å². The van der Waals surface area contributed by atoms with Crippen molar-refractivity contribution < 1.29 is 31.9 Å². The van der Waals surface area contributed by atoms with Crippen LogP contribution in [0.15, 0.2) is 42.7 Å². The molecule has 190 valence electrons. The molecule has 2 N–H and O–H groups in total. The van der Waals surface area contributed by atoms with Crippen molar-refractivity contribution in [1.29, 1.82) is 0 Å². The molecule has 1 aromatic carbocycles. The SMILES string of the molecule is CC(C)(F)c1ncc(C(=O)Nc2c(-c3cc(F)ccc3F)ccnc2C2CCC(F)(F)CC2)cc1O. The van der Waals surface area contributed by atoms with Crippen molar-refractivity contribution >= 4 is 11.6 Å². The Bertz CT molecular complexity index is 1300. The fourth-order valence-electron chi connectivity index (χ4n) is 4.38. The zero-order chi connectivity index (χ0) is 26.3. The molecule has 0 atom stereocenters. The van der Waals surface area contributed by atoms with Gasteiger partial charge in [0.25, 0.3) is 5.91 Å². The highest BCUT2D eigenvalue weighted by molar-refractivity contribution is 6.06. The largest absolute Gasteiger partial charge is 0.506 e. The van der Waals surface area contributed by atoms with Crippen LogP contribution in [0.2, 0.25) is 0 Å². The molecule has 2 heterocycles. The molecule has 4 rings (SSSR count). The minimum absolute atomic E-state index is 0.0385. The van der Waals surface area contributed by atoms with Crippen LogP contribution in [0.4, 0.5) is 27.6 Å². The first kappa shape index (κ1) is 25.5. The fraction of sp³-hybridized carbons (Fsp3) is 0.346. The zero-order valence-corrected chi connectivity index (χ0v) is 19.6. The molecule has 10 heteroatoms. The van der Waals surface area contributed by atoms with Gasteiger partial charge in [-0.05, 0) is 57.0 Å². The summed E-state index contributed by atoms with van der Waals surface area (Å²) in [5.41, 5.74) is -2.08. The second kappa shape index (κ2) is 9.48. The average Bonchev–Trinajstić information content (AvgIpc) is 2.80. The molecule has 1 amide bonds. The van der Waals surface area contributed by atoms with E-state index in [1.54, 1.807) is 0 Å². The van der Waals surface area contributed by atoms with Crippen molar-refractivity contribution in [3.8, 4) is 16.9 Å². The van der Waals surface area contributed by atoms with E-state index in [1.807, 2.05) is 0 Å². The maximum Gasteiger partial charge on any atom is 0.257 e. The number of rotatable bonds is 5. The molecule has 1 fully saturated rings. The summed E-state index contributed by atoms with van der Waals surface area (Å²) in [4.78, 5) is 21.3. The van der Waals surface area contributed by atoms with Crippen molar-refractivity contribution in [3.63, 3.8) is 0 Å². The quantitative estimate of drug-likeness (QED) is 0.371. The van der Waals surface area contributed by atoms with E-state index in [2.05, 4.69) is 15.3 Å². The van der Waals surface area contributed by atoms with E-state index >= 15 is 0 Å². The number of benzene rings is 1. The van der Waals surface area contributed by atoms with E-state index < -0.39 is 40.8 Å². The Balaban J connectivity index is 1.78. The predicted molar refractivity (Wildman–Crippen MR) is 124 cm³/mol. The molecule has 36 heavy (non-hydrogen) atoms. The van der Waals surface area contributed by atoms with E-state index in [1.165, 1.54) is 26.1 Å². The van der Waals surface area contributed by atoms with E-state index in [-0.39, 0.29) is 59.4 Å². The first-order valence-corrected chi connectivity index (χ1v) is 11.4. The van der Waals surface area contributed by atoms with Crippen LogP contribution >= 0.6 is 0 Å². The number of carbonyl (C=O) groups is 1. The van der Waals surface area contributed by atoms with Crippen molar-refractivity contribution in [2.24, 2.45) is 0 Å². The summed E-state index contributed by atoms with van der Waals surface area (Å²) in [6, 6.07) is 5.28. The van der Waals surface area contributed by atoms with Gasteiger partial charge in [-0.3, -0.25) is 14.8 Å². The molecule has 5 nitrogen and oxygen atoms in total. The van der Waals surface area contributed by atoms with E-state index in [0.29, 0.717) is 0 Å². The Hall–Kier alpha value is -3.56. The van der Waals surface area contributed by atoms with Gasteiger partial charge >= 0.3 is 0 Å². The van der Waals surface area contributed by atoms with Gasteiger partial charge in [0.15, 0.2) is 5.67 Å². The number of anilines is 1. The maximum absolute atomic E-state index is 14.7. The summed E-state index contributed by atoms with van der Waals surface area (Å²) in [5.74, 6) is -6.05. The van der Waals surface area contributed by atoms with Crippen LogP contribution in [0, 0.1) is 11.6 Å². The molecule has 1 saturated carbocycles. The van der Waals surface area contributed by atoms with Crippen LogP contribution in [0.5, 0.6) is 5.75 Å². The molecule has 0 saturated heterocycles. The molecule has 3 aromatic rings. The molecule has 0 bridgehead atoms. The number of alkyl halides is 3. The Kier molecular flexibility index (Phi) is 6.72. The monoisotopic (exact) mass is 505 g/mol. The van der Waals surface area contributed by atoms with Gasteiger partial charge in [0, 0.05) is 42.3 Å². The number of carbonyl (C=O) groups excluding carboxylic acids is 1. The normalized spacial score (nSPS) is 16.1. The minimum Gasteiger partial charge on any atom is -0.506 e. The van der Waals surface area contributed by atoms with Crippen LogP contribution < -0.4 is 5.32 Å². The van der Waals surface area contributed by atoms with Crippen LogP contribution in [0.1, 0.15) is 67.2 Å². The first-order chi connectivity index (χ1) is 16.9. The van der Waals surface area contributed by atoms with Gasteiger partial charge in [-0.1, -0.05) is 0 Å². The lowest BCUT2D eigenvalue weighted by molar-refractivity contribution is -0.0384. The molecule has 0 unspecified atom stereocenters. The number of hydrogen-bond acceptors (Lipinski definition) is 4. The first-order valence-electron chi connectivity index (χ1n) is 11.4. The van der Waals surface area contributed by atoms with Gasteiger partial charge in [-0.2, -0.15) is 0 Å². The fourth-order valence-corrected chi connectivity index (χ4v) is 4.38. The second-order valence-corrected chi connectivity index (χ2v) is 9.39. The predicted octanol–water partition coefficient (Wildman–Crippen LogP) is 6.88. The summed E-state index contributed by atoms with van der Waals surface area (Å²) >= 11 is 0. The summed E-state index contributed by atoms with van der Waals surface area (Å²) in [6.07, 6.45) is 1.85. The van der Waals surface area contributed by atoms with Crippen LogP contribution in [-0.2, 0) is 5.67 Å². The summed E-state index contributed by atoms with van der Waals surface area (Å²) in [7, 11) is 0. The van der Waals surface area contributed by atoms with Gasteiger partial charge in [-0.15, -0.1) is 0 Å². The van der Waals surface area contributed by atoms with Gasteiger partial charge in [0.05, 0.1) is 16.9 Å². The number of aromatic hydroxyl groups is 1. The summed E-state index contributed by atoms with van der Waals surface area (Å²) in [6.45, 7) is 2.40. The van der Waals surface area contributed by atoms with Crippen LogP contribution in [0.3, 0.4) is 0 Å². The van der Waals surface area contributed by atoms with E-state index in [9.17, 15) is 31.9 Å². The second-order valence-electron chi connectivity index (χ2n) is 9.39. The number of nitrogens with zero attached hydrogens (tertiary/aromatic N) is 2. The van der Waals surface area contributed by atoms with Gasteiger partial charge in [-0.25, -0.2) is 22.0 Å². The van der Waals surface area contributed by atoms with Crippen molar-refractivity contribution in [3.05, 3.63) is 71.3 Å². The van der Waals surface area contributed by atoms with Crippen molar-refractivity contribution in [1.82, 2.24) is 9.97 Å². The molecule has 0 spiro atoms. The Morgan fingerprint density at radius 2 is 1.78 bits per heavy atom. The lowest BCUT2D eigenvalue weighted by atomic mass is 9.83. The number of nitrogens with one attached hydrogen (secondary N) is 1. The third-order valence-corrected chi connectivity index (χ3v) is 6.23. The standard InChI is InChI=1S/C26H24F5N3O2/c1-25(2,29)23-20(35)11-15(13-33-23)24(36)34-22-17(18-12-16(27)3-4-19(18)28)7-10-32-21(22)14-5-8-26(30,31)9-6-14/h3-4,7,10-14,35H,5-6,8-9H2,1-2H3,(H,34,36). The molecule has 0 aliphatic heterocycles. The third-order valence-electron chi connectivity index (χ3n) is 6.23. The summed E-state index contributed by atoms with van der Waals surface area (Å²) < 4.78 is 70.5. The highest BCUT2D eigenvalue weighted by atomic mass is 19.3. The number of amides is 1. The molecule has 2 aromatic heterocycles. The van der Waals surface area contributed by atoms with E-state index in [0.717, 1.165) is 30.5 Å². The average molecular weight is 505 g/mol. The molecular formula is C26H24F5N3O2. The van der Waals surface area contributed by atoms with Crippen LogP contribution in [0.25, 0.3) is 11.1 Å². The summed E-state index contributed by atoms with van der Waals surface area (Å²) in [5, 5.41) is 12.8. The molecule has 1 aliphatic carbocycles. The van der Waals surface area contributed by atoms with Gasteiger partial charge in [0.2, 0.25) is 5.92 Å². The third kappa shape index (κ3) is 5.32. The molecule has 1 aliphatic rings. The Morgan fingerprint density at radius 3 is 2.42 bits per heavy atom. The number of hydrogen-bond donors (Lipinski definition) is 2. The number of pyridine rings is 2. The zero-order valence-electron chi connectivity index (χ0n) is 19.6. The number of aromatic nitrogens is 2. The molecular weight excluding hydrogens is 481 g/mol. The van der Waals surface area contributed by atoms with Gasteiger partial charge in [0.1, 0.15) is 23.1 Å². The van der Waals surface area contributed by atoms with Gasteiger partial charge < -0.3 is 10.4 Å². The minimum atomic E-state index is -2.80. The van der Waals surface area contributed by atoms with Crippen molar-refractivity contribution in [2.45, 2.75) is 57.0 Å². The van der Waals surface area contributed by atoms with Crippen molar-refractivity contribution in [2.75, 3.05) is 5.32 Å². The Morgan fingerprint density at radius 1 is 1.08 bits per heavy atom. The lowest BCUT2D eigenvalue weighted by Crippen LogP contribution is -2.25. The number of halogens is 5. The maximum atomic E-state index is 14.7. The molecule has 0 radical (unpaired) electrons. The van der Waals surface area contributed by atoms with Crippen LogP contribution in [-0.4, -0.2) is 26.9 Å². The highest BCUT2D eigenvalue weighted by Crippen LogP contribution is 2.44. The Labute approximate surface area is 204 Å². The topological polar surface area (TPSA) is 75.1 Å². The smallest absolute Gasteiger partial charge is 0.257 e. The highest BCUT2D eigenvalue weighted by Gasteiger charge is 2.37. The lowest BCUT2D eigenvalue weighted by Gasteiger charge is -2.29.